The monoisotopic (exact) mass is 590 g/mol. The number of carbonyl (C=O) groups excluding carboxylic acids is 2. The molecule has 4 rings (SSSR count). The van der Waals surface area contributed by atoms with Gasteiger partial charge in [0.1, 0.15) is 12.1 Å². The zero-order chi connectivity index (χ0) is 30.6. The number of nitrogens with one attached hydrogen (secondary N) is 2. The minimum absolute atomic E-state index is 0.119. The van der Waals surface area contributed by atoms with Crippen molar-refractivity contribution >= 4 is 29.1 Å². The molecule has 0 saturated carbocycles. The number of aromatic nitrogens is 2. The zero-order valence-corrected chi connectivity index (χ0v) is 24.3. The number of benzene rings is 2. The Morgan fingerprint density at radius 2 is 1.57 bits per heavy atom. The third-order valence-corrected chi connectivity index (χ3v) is 8.01. The first kappa shape index (κ1) is 30.3. The number of aromatic hydroxyl groups is 1. The fraction of sp³-hybridized carbons (Fsp3) is 0.258. The van der Waals surface area contributed by atoms with Gasteiger partial charge in [0.15, 0.2) is 17.4 Å². The van der Waals surface area contributed by atoms with Crippen molar-refractivity contribution in [1.29, 1.82) is 0 Å². The van der Waals surface area contributed by atoms with Crippen LogP contribution >= 0.6 is 11.3 Å². The number of thiophene rings is 1. The van der Waals surface area contributed by atoms with E-state index in [1.807, 2.05) is 26.8 Å². The van der Waals surface area contributed by atoms with Gasteiger partial charge in [-0.2, -0.15) is 0 Å². The van der Waals surface area contributed by atoms with E-state index < -0.39 is 41.4 Å². The summed E-state index contributed by atoms with van der Waals surface area (Å²) in [5.74, 6) is -2.97. The molecule has 11 heteroatoms. The van der Waals surface area contributed by atoms with Gasteiger partial charge in [0.25, 0.3) is 5.91 Å². The van der Waals surface area contributed by atoms with E-state index in [0.29, 0.717) is 27.4 Å². The van der Waals surface area contributed by atoms with Gasteiger partial charge in [0.05, 0.1) is 4.88 Å². The van der Waals surface area contributed by atoms with Gasteiger partial charge in [-0.3, -0.25) is 14.4 Å². The average Bonchev–Trinajstić information content (AvgIpc) is 3.46. The number of phenols is 1. The topological polar surface area (TPSA) is 142 Å². The molecule has 4 aromatic rings. The number of carboxylic acid groups (broad SMARTS) is 1. The number of aliphatic carboxylic acids is 1. The number of phenolic OH excluding ortho intramolecular Hbond substituents is 1. The van der Waals surface area contributed by atoms with Crippen LogP contribution in [0, 0.1) is 5.82 Å². The van der Waals surface area contributed by atoms with Crippen molar-refractivity contribution in [1.82, 2.24) is 20.6 Å². The van der Waals surface area contributed by atoms with Gasteiger partial charge in [0.2, 0.25) is 5.91 Å². The maximum absolute atomic E-state index is 13.7. The highest BCUT2D eigenvalue weighted by Gasteiger charge is 2.26. The van der Waals surface area contributed by atoms with Crippen LogP contribution in [0.4, 0.5) is 4.39 Å². The second-order valence-electron chi connectivity index (χ2n) is 10.9. The van der Waals surface area contributed by atoms with Gasteiger partial charge in [-0.25, -0.2) is 14.4 Å². The van der Waals surface area contributed by atoms with Crippen LogP contribution in [0.5, 0.6) is 5.75 Å². The maximum atomic E-state index is 13.7. The van der Waals surface area contributed by atoms with Gasteiger partial charge in [-0.1, -0.05) is 51.1 Å². The van der Waals surface area contributed by atoms with Crippen molar-refractivity contribution in [2.75, 3.05) is 0 Å². The number of nitrogens with zero attached hydrogens (tertiary/aromatic N) is 2. The Kier molecular flexibility index (Phi) is 9.01. The van der Waals surface area contributed by atoms with Crippen LogP contribution in [-0.4, -0.2) is 50.0 Å². The summed E-state index contributed by atoms with van der Waals surface area (Å²) in [5, 5.41) is 23.9. The first-order chi connectivity index (χ1) is 19.8. The molecule has 2 atom stereocenters. The van der Waals surface area contributed by atoms with E-state index in [0.717, 1.165) is 10.4 Å². The normalized spacial score (nSPS) is 12.8. The van der Waals surface area contributed by atoms with E-state index >= 15 is 0 Å². The molecular formula is C31H31FN4O5S. The first-order valence-electron chi connectivity index (χ1n) is 13.2. The summed E-state index contributed by atoms with van der Waals surface area (Å²) in [6.07, 6.45) is 3.22. The lowest BCUT2D eigenvalue weighted by molar-refractivity contribution is -0.141. The largest absolute Gasteiger partial charge is 0.505 e. The van der Waals surface area contributed by atoms with Crippen LogP contribution in [0.2, 0.25) is 0 Å². The molecule has 2 heterocycles. The number of hydrogen-bond acceptors (Lipinski definition) is 7. The standard InChI is InChI=1S/C31H31FN4O5S/c1-17(30(40)41)35-28(38)23(36-29(39)25-11-12-26(42-25)31(2,3)4)13-18-5-7-19(8-6-18)27-33-15-21(16-34-27)20-9-10-24(37)22(32)14-20/h5-12,14-17,23,37H,13H2,1-4H3,(H,35,38)(H,36,39)(H,40,41)/t17-,23+/m1/s1. The van der Waals surface area contributed by atoms with E-state index in [-0.39, 0.29) is 11.8 Å². The predicted molar refractivity (Wildman–Crippen MR) is 158 cm³/mol. The van der Waals surface area contributed by atoms with Gasteiger partial charge in [-0.15, -0.1) is 11.3 Å². The number of carbonyl (C=O) groups is 3. The number of rotatable bonds is 9. The van der Waals surface area contributed by atoms with Gasteiger partial charge < -0.3 is 20.8 Å². The Balaban J connectivity index is 1.50. The summed E-state index contributed by atoms with van der Waals surface area (Å²) < 4.78 is 13.7. The number of halogens is 1. The lowest BCUT2D eigenvalue weighted by Crippen LogP contribution is -2.51. The Morgan fingerprint density at radius 3 is 2.14 bits per heavy atom. The molecule has 2 aromatic carbocycles. The van der Waals surface area contributed by atoms with Gasteiger partial charge in [0, 0.05) is 34.8 Å². The molecule has 0 aliphatic carbocycles. The molecule has 0 radical (unpaired) electrons. The zero-order valence-electron chi connectivity index (χ0n) is 23.5. The van der Waals surface area contributed by atoms with Crippen LogP contribution in [0.15, 0.2) is 67.0 Å². The van der Waals surface area contributed by atoms with E-state index in [4.69, 9.17) is 0 Å². The Morgan fingerprint density at radius 1 is 0.929 bits per heavy atom. The SMILES string of the molecule is C[C@@H](NC(=O)[C@H](Cc1ccc(-c2ncc(-c3ccc(O)c(F)c3)cn2)cc1)NC(=O)c1ccc(C(C)(C)C)s1)C(=O)O. The van der Waals surface area contributed by atoms with Crippen LogP contribution in [0.25, 0.3) is 22.5 Å². The third-order valence-electron chi connectivity index (χ3n) is 6.50. The Bertz CT molecular complexity index is 1600. The molecular weight excluding hydrogens is 559 g/mol. The smallest absolute Gasteiger partial charge is 0.325 e. The Labute approximate surface area is 246 Å². The van der Waals surface area contributed by atoms with Crippen molar-refractivity contribution in [3.63, 3.8) is 0 Å². The molecule has 9 nitrogen and oxygen atoms in total. The first-order valence-corrected chi connectivity index (χ1v) is 14.0. The summed E-state index contributed by atoms with van der Waals surface area (Å²) in [6.45, 7) is 7.49. The van der Waals surface area contributed by atoms with Crippen molar-refractivity contribution in [3.05, 3.63) is 88.1 Å². The molecule has 2 amide bonds. The summed E-state index contributed by atoms with van der Waals surface area (Å²) >= 11 is 1.35. The van der Waals surface area contributed by atoms with Gasteiger partial charge in [-0.05, 0) is 47.7 Å². The lowest BCUT2D eigenvalue weighted by Gasteiger charge is -2.20. The van der Waals surface area contributed by atoms with E-state index in [2.05, 4.69) is 20.6 Å². The molecule has 2 aromatic heterocycles. The summed E-state index contributed by atoms with van der Waals surface area (Å²) in [4.78, 5) is 47.6. The molecule has 0 unspecified atom stereocenters. The summed E-state index contributed by atoms with van der Waals surface area (Å²) in [5.41, 5.74) is 2.38. The Hall–Kier alpha value is -4.64. The highest BCUT2D eigenvalue weighted by molar-refractivity contribution is 7.14. The minimum Gasteiger partial charge on any atom is -0.505 e. The lowest BCUT2D eigenvalue weighted by atomic mass is 9.95. The quantitative estimate of drug-likeness (QED) is 0.216. The molecule has 0 aliphatic heterocycles. The van der Waals surface area contributed by atoms with Crippen molar-refractivity contribution in [2.45, 2.75) is 51.6 Å². The maximum Gasteiger partial charge on any atom is 0.325 e. The minimum atomic E-state index is -1.19. The highest BCUT2D eigenvalue weighted by Crippen LogP contribution is 2.29. The average molecular weight is 591 g/mol. The van der Waals surface area contributed by atoms with E-state index in [9.17, 15) is 29.0 Å². The number of amides is 2. The fourth-order valence-electron chi connectivity index (χ4n) is 4.02. The van der Waals surface area contributed by atoms with Crippen molar-refractivity contribution < 1.29 is 29.0 Å². The molecule has 0 bridgehead atoms. The molecule has 0 fully saturated rings. The molecule has 218 valence electrons. The second-order valence-corrected chi connectivity index (χ2v) is 12.0. The fourth-order valence-corrected chi connectivity index (χ4v) is 4.98. The summed E-state index contributed by atoms with van der Waals surface area (Å²) in [6, 6.07) is 12.6. The third kappa shape index (κ3) is 7.35. The van der Waals surface area contributed by atoms with Crippen LogP contribution in [0.3, 0.4) is 0 Å². The van der Waals surface area contributed by atoms with Crippen molar-refractivity contribution in [3.8, 4) is 28.3 Å². The van der Waals surface area contributed by atoms with Crippen LogP contribution in [0.1, 0.15) is 47.8 Å². The van der Waals surface area contributed by atoms with E-state index in [1.165, 1.54) is 30.4 Å². The van der Waals surface area contributed by atoms with E-state index in [1.54, 1.807) is 48.8 Å². The molecule has 0 spiro atoms. The van der Waals surface area contributed by atoms with Crippen LogP contribution < -0.4 is 10.6 Å². The molecule has 42 heavy (non-hydrogen) atoms. The molecule has 0 saturated heterocycles. The molecule has 4 N–H and O–H groups in total. The van der Waals surface area contributed by atoms with Gasteiger partial charge >= 0.3 is 5.97 Å². The summed E-state index contributed by atoms with van der Waals surface area (Å²) in [7, 11) is 0. The van der Waals surface area contributed by atoms with Crippen molar-refractivity contribution in [2.24, 2.45) is 0 Å². The second kappa shape index (κ2) is 12.5. The highest BCUT2D eigenvalue weighted by atomic mass is 32.1. The van der Waals surface area contributed by atoms with Crippen LogP contribution in [-0.2, 0) is 21.4 Å². The number of hydrogen-bond donors (Lipinski definition) is 4. The number of carboxylic acids is 1. The molecule has 0 aliphatic rings. The predicted octanol–water partition coefficient (Wildman–Crippen LogP) is 4.94.